The van der Waals surface area contributed by atoms with Crippen molar-refractivity contribution in [2.24, 2.45) is 0 Å². The van der Waals surface area contributed by atoms with E-state index in [-0.39, 0.29) is 19.1 Å². The van der Waals surface area contributed by atoms with Gasteiger partial charge in [-0.2, -0.15) is 0 Å². The maximum absolute atomic E-state index is 12.8. The van der Waals surface area contributed by atoms with E-state index in [0.29, 0.717) is 12.8 Å². The zero-order chi connectivity index (χ0) is 15.5. The molecule has 0 unspecified atom stereocenters. The highest BCUT2D eigenvalue weighted by atomic mass is 19.3. The number of carbonyl (C=O) groups is 1. The molecule has 0 atom stereocenters. The van der Waals surface area contributed by atoms with Crippen molar-refractivity contribution in [1.29, 1.82) is 0 Å². The van der Waals surface area contributed by atoms with E-state index in [1.807, 2.05) is 31.2 Å². The third kappa shape index (κ3) is 3.23. The summed E-state index contributed by atoms with van der Waals surface area (Å²) in [5, 5.41) is 9.03. The summed E-state index contributed by atoms with van der Waals surface area (Å²) < 4.78 is 25.3. The van der Waals surface area contributed by atoms with E-state index in [9.17, 15) is 13.6 Å². The van der Waals surface area contributed by atoms with Crippen LogP contribution >= 0.6 is 0 Å². The van der Waals surface area contributed by atoms with Gasteiger partial charge in [-0.1, -0.05) is 36.2 Å². The lowest BCUT2D eigenvalue weighted by atomic mass is 9.63. The molecule has 116 valence electrons. The first-order valence-electron chi connectivity index (χ1n) is 7.25. The normalized spacial score (nSPS) is 16.6. The van der Waals surface area contributed by atoms with E-state index < -0.39 is 18.4 Å². The molecule has 0 aliphatic heterocycles. The highest BCUT2D eigenvalue weighted by Crippen LogP contribution is 2.45. The van der Waals surface area contributed by atoms with Gasteiger partial charge in [0.1, 0.15) is 0 Å². The molecule has 0 radical (unpaired) electrons. The van der Waals surface area contributed by atoms with Crippen molar-refractivity contribution in [2.75, 3.05) is 19.7 Å². The number of halogens is 2. The Bertz CT molecular complexity index is 501. The van der Waals surface area contributed by atoms with E-state index in [1.54, 1.807) is 0 Å². The number of alkyl halides is 2. The smallest absolute Gasteiger partial charge is 0.255 e. The summed E-state index contributed by atoms with van der Waals surface area (Å²) in [6.45, 7) is 0.983. The standard InChI is InChI=1S/C16H21F2NO2/c1-12-4-2-5-13(10-12)16(6-3-7-16)15(21)19(8-9-20)11-14(17)18/h2,4-5,10,14,20H,3,6-9,11H2,1H3. The second-order valence-electron chi connectivity index (χ2n) is 5.67. The Labute approximate surface area is 123 Å². The number of hydrogen-bond donors (Lipinski definition) is 1. The summed E-state index contributed by atoms with van der Waals surface area (Å²) in [7, 11) is 0. The van der Waals surface area contributed by atoms with Crippen LogP contribution in [0.5, 0.6) is 0 Å². The van der Waals surface area contributed by atoms with E-state index in [0.717, 1.165) is 22.4 Å². The minimum atomic E-state index is -2.59. The summed E-state index contributed by atoms with van der Waals surface area (Å²) in [4.78, 5) is 13.9. The number of aryl methyl sites for hydroxylation is 1. The fraction of sp³-hybridized carbons (Fsp3) is 0.562. The van der Waals surface area contributed by atoms with Gasteiger partial charge >= 0.3 is 0 Å². The number of benzene rings is 1. The van der Waals surface area contributed by atoms with Gasteiger partial charge in [0.2, 0.25) is 5.91 Å². The summed E-state index contributed by atoms with van der Waals surface area (Å²) in [6, 6.07) is 7.69. The highest BCUT2D eigenvalue weighted by molar-refractivity contribution is 5.89. The molecule has 2 rings (SSSR count). The quantitative estimate of drug-likeness (QED) is 0.876. The molecule has 0 heterocycles. The first kappa shape index (κ1) is 15.9. The van der Waals surface area contributed by atoms with Crippen LogP contribution in [0, 0.1) is 6.92 Å². The fourth-order valence-corrected chi connectivity index (χ4v) is 2.96. The van der Waals surface area contributed by atoms with Crippen molar-refractivity contribution in [3.05, 3.63) is 35.4 Å². The zero-order valence-electron chi connectivity index (χ0n) is 12.2. The maximum atomic E-state index is 12.8. The molecular formula is C16H21F2NO2. The maximum Gasteiger partial charge on any atom is 0.255 e. The van der Waals surface area contributed by atoms with Crippen LogP contribution in [-0.2, 0) is 10.2 Å². The van der Waals surface area contributed by atoms with Gasteiger partial charge in [-0.25, -0.2) is 8.78 Å². The van der Waals surface area contributed by atoms with Crippen LogP contribution < -0.4 is 0 Å². The van der Waals surface area contributed by atoms with E-state index >= 15 is 0 Å². The SMILES string of the molecule is Cc1cccc(C2(C(=O)N(CCO)CC(F)F)CCC2)c1. The van der Waals surface area contributed by atoms with Crippen LogP contribution in [0.2, 0.25) is 0 Å². The van der Waals surface area contributed by atoms with Crippen molar-refractivity contribution in [1.82, 2.24) is 4.90 Å². The molecule has 0 spiro atoms. The Kier molecular flexibility index (Phi) is 4.93. The van der Waals surface area contributed by atoms with Gasteiger partial charge in [0.25, 0.3) is 6.43 Å². The Hall–Kier alpha value is -1.49. The number of amides is 1. The molecule has 5 heteroatoms. The molecule has 1 N–H and O–H groups in total. The van der Waals surface area contributed by atoms with Crippen LogP contribution in [0.1, 0.15) is 30.4 Å². The molecule has 0 aromatic heterocycles. The Morgan fingerprint density at radius 1 is 1.43 bits per heavy atom. The molecule has 21 heavy (non-hydrogen) atoms. The molecule has 1 aliphatic carbocycles. The molecule has 1 amide bonds. The van der Waals surface area contributed by atoms with Gasteiger partial charge in [-0.05, 0) is 25.3 Å². The second-order valence-corrected chi connectivity index (χ2v) is 5.67. The van der Waals surface area contributed by atoms with Crippen LogP contribution in [0.3, 0.4) is 0 Å². The lowest BCUT2D eigenvalue weighted by molar-refractivity contribution is -0.143. The lowest BCUT2D eigenvalue weighted by Gasteiger charge is -2.44. The molecule has 1 fully saturated rings. The largest absolute Gasteiger partial charge is 0.395 e. The lowest BCUT2D eigenvalue weighted by Crippen LogP contribution is -2.52. The van der Waals surface area contributed by atoms with Crippen molar-refractivity contribution in [3.8, 4) is 0 Å². The zero-order valence-corrected chi connectivity index (χ0v) is 12.2. The van der Waals surface area contributed by atoms with Crippen molar-refractivity contribution in [3.63, 3.8) is 0 Å². The first-order chi connectivity index (χ1) is 9.99. The average Bonchev–Trinajstić information content (AvgIpc) is 2.36. The van der Waals surface area contributed by atoms with Gasteiger partial charge in [0.15, 0.2) is 0 Å². The number of aliphatic hydroxyl groups excluding tert-OH is 1. The summed E-state index contributed by atoms with van der Waals surface area (Å²) in [6.07, 6.45) is -0.308. The second kappa shape index (κ2) is 6.52. The van der Waals surface area contributed by atoms with Gasteiger partial charge in [-0.3, -0.25) is 4.79 Å². The summed E-state index contributed by atoms with van der Waals surface area (Å²) in [5.74, 6) is -0.284. The average molecular weight is 297 g/mol. The fourth-order valence-electron chi connectivity index (χ4n) is 2.96. The number of rotatable bonds is 6. The van der Waals surface area contributed by atoms with Gasteiger partial charge in [-0.15, -0.1) is 0 Å². The molecule has 1 aromatic rings. The molecule has 1 aromatic carbocycles. The van der Waals surface area contributed by atoms with Crippen molar-refractivity contribution < 1.29 is 18.7 Å². The molecular weight excluding hydrogens is 276 g/mol. The number of nitrogens with zero attached hydrogens (tertiary/aromatic N) is 1. The van der Waals surface area contributed by atoms with Crippen LogP contribution in [-0.4, -0.2) is 42.0 Å². The van der Waals surface area contributed by atoms with E-state index in [2.05, 4.69) is 0 Å². The Morgan fingerprint density at radius 2 is 2.14 bits per heavy atom. The highest BCUT2D eigenvalue weighted by Gasteiger charge is 2.47. The minimum absolute atomic E-state index is 0.0449. The summed E-state index contributed by atoms with van der Waals surface area (Å²) >= 11 is 0. The molecule has 1 saturated carbocycles. The number of aliphatic hydroxyl groups is 1. The van der Waals surface area contributed by atoms with Crippen molar-refractivity contribution in [2.45, 2.75) is 38.0 Å². The minimum Gasteiger partial charge on any atom is -0.395 e. The third-order valence-electron chi connectivity index (χ3n) is 4.20. The third-order valence-corrected chi connectivity index (χ3v) is 4.20. The van der Waals surface area contributed by atoms with Crippen LogP contribution in [0.15, 0.2) is 24.3 Å². The topological polar surface area (TPSA) is 40.5 Å². The molecule has 3 nitrogen and oxygen atoms in total. The monoisotopic (exact) mass is 297 g/mol. The van der Waals surface area contributed by atoms with Crippen LogP contribution in [0.4, 0.5) is 8.78 Å². The summed E-state index contributed by atoms with van der Waals surface area (Å²) in [5.41, 5.74) is 1.26. The van der Waals surface area contributed by atoms with Gasteiger partial charge < -0.3 is 10.0 Å². The predicted molar refractivity (Wildman–Crippen MR) is 76.4 cm³/mol. The first-order valence-corrected chi connectivity index (χ1v) is 7.25. The molecule has 0 bridgehead atoms. The van der Waals surface area contributed by atoms with E-state index in [4.69, 9.17) is 5.11 Å². The number of hydrogen-bond acceptors (Lipinski definition) is 2. The van der Waals surface area contributed by atoms with Gasteiger partial charge in [0.05, 0.1) is 18.6 Å². The van der Waals surface area contributed by atoms with Crippen LogP contribution in [0.25, 0.3) is 0 Å². The number of carbonyl (C=O) groups excluding carboxylic acids is 1. The van der Waals surface area contributed by atoms with E-state index in [1.165, 1.54) is 0 Å². The Morgan fingerprint density at radius 3 is 2.62 bits per heavy atom. The predicted octanol–water partition coefficient (Wildman–Crippen LogP) is 2.50. The van der Waals surface area contributed by atoms with Crippen molar-refractivity contribution >= 4 is 5.91 Å². The molecule has 1 aliphatic rings. The molecule has 0 saturated heterocycles. The van der Waals surface area contributed by atoms with Gasteiger partial charge in [0, 0.05) is 6.54 Å². The Balaban J connectivity index is 2.28.